The van der Waals surface area contributed by atoms with E-state index >= 15 is 0 Å². The molecule has 0 amide bonds. The third-order valence-electron chi connectivity index (χ3n) is 3.93. The SMILES string of the molecule is COCC(C)C(CN)N(C)CC1CCN(C)C1. The van der Waals surface area contributed by atoms with E-state index in [1.165, 1.54) is 19.5 Å². The normalized spacial score (nSPS) is 25.4. The molecule has 3 atom stereocenters. The Morgan fingerprint density at radius 1 is 1.53 bits per heavy atom. The van der Waals surface area contributed by atoms with E-state index in [0.29, 0.717) is 18.5 Å². The lowest BCUT2D eigenvalue weighted by Crippen LogP contribution is -2.46. The molecule has 0 bridgehead atoms. The molecule has 0 aliphatic carbocycles. The molecule has 3 unspecified atom stereocenters. The molecule has 1 aliphatic rings. The molecule has 0 aromatic heterocycles. The second-order valence-corrected chi connectivity index (χ2v) is 5.59. The van der Waals surface area contributed by atoms with Crippen LogP contribution in [-0.2, 0) is 4.74 Å². The van der Waals surface area contributed by atoms with E-state index in [0.717, 1.165) is 19.1 Å². The van der Waals surface area contributed by atoms with E-state index in [4.69, 9.17) is 10.5 Å². The van der Waals surface area contributed by atoms with Crippen LogP contribution in [0.5, 0.6) is 0 Å². The highest BCUT2D eigenvalue weighted by molar-refractivity contribution is 4.81. The van der Waals surface area contributed by atoms with Gasteiger partial charge in [0.2, 0.25) is 0 Å². The second kappa shape index (κ2) is 7.31. The number of likely N-dealkylation sites (tertiary alicyclic amines) is 1. The molecule has 4 heteroatoms. The number of likely N-dealkylation sites (N-methyl/N-ethyl adjacent to an activating group) is 1. The van der Waals surface area contributed by atoms with Gasteiger partial charge in [0.05, 0.1) is 6.61 Å². The number of rotatable bonds is 7. The molecule has 0 radical (unpaired) electrons. The minimum Gasteiger partial charge on any atom is -0.384 e. The lowest BCUT2D eigenvalue weighted by atomic mass is 9.99. The summed E-state index contributed by atoms with van der Waals surface area (Å²) in [4.78, 5) is 4.84. The van der Waals surface area contributed by atoms with Gasteiger partial charge in [0.25, 0.3) is 0 Å². The van der Waals surface area contributed by atoms with Gasteiger partial charge in [-0.2, -0.15) is 0 Å². The van der Waals surface area contributed by atoms with Gasteiger partial charge in [-0.15, -0.1) is 0 Å². The largest absolute Gasteiger partial charge is 0.384 e. The van der Waals surface area contributed by atoms with E-state index in [1.807, 2.05) is 0 Å². The molecule has 102 valence electrons. The van der Waals surface area contributed by atoms with Crippen molar-refractivity contribution in [1.82, 2.24) is 9.80 Å². The van der Waals surface area contributed by atoms with Crippen molar-refractivity contribution in [3.63, 3.8) is 0 Å². The summed E-state index contributed by atoms with van der Waals surface area (Å²) in [6.45, 7) is 7.33. The Morgan fingerprint density at radius 2 is 2.24 bits per heavy atom. The van der Waals surface area contributed by atoms with E-state index in [2.05, 4.69) is 30.8 Å². The van der Waals surface area contributed by atoms with Gasteiger partial charge >= 0.3 is 0 Å². The average molecular weight is 243 g/mol. The maximum Gasteiger partial charge on any atom is 0.0503 e. The first-order valence-electron chi connectivity index (χ1n) is 6.66. The topological polar surface area (TPSA) is 41.7 Å². The maximum absolute atomic E-state index is 5.90. The van der Waals surface area contributed by atoms with Gasteiger partial charge in [0.15, 0.2) is 0 Å². The van der Waals surface area contributed by atoms with Crippen molar-refractivity contribution in [2.75, 3.05) is 54.0 Å². The number of methoxy groups -OCH3 is 1. The van der Waals surface area contributed by atoms with E-state index in [-0.39, 0.29) is 0 Å². The molecule has 1 saturated heterocycles. The van der Waals surface area contributed by atoms with Crippen LogP contribution in [0.1, 0.15) is 13.3 Å². The van der Waals surface area contributed by atoms with Gasteiger partial charge in [0, 0.05) is 32.8 Å². The number of hydrogen-bond acceptors (Lipinski definition) is 4. The van der Waals surface area contributed by atoms with Crippen molar-refractivity contribution < 1.29 is 4.74 Å². The third kappa shape index (κ3) is 4.54. The van der Waals surface area contributed by atoms with E-state index < -0.39 is 0 Å². The van der Waals surface area contributed by atoms with Crippen molar-refractivity contribution in [2.45, 2.75) is 19.4 Å². The zero-order chi connectivity index (χ0) is 12.8. The van der Waals surface area contributed by atoms with Gasteiger partial charge < -0.3 is 20.3 Å². The van der Waals surface area contributed by atoms with Gasteiger partial charge in [-0.25, -0.2) is 0 Å². The van der Waals surface area contributed by atoms with Crippen LogP contribution < -0.4 is 5.73 Å². The molecule has 0 saturated carbocycles. The molecule has 1 aliphatic heterocycles. The molecule has 1 rings (SSSR count). The quantitative estimate of drug-likeness (QED) is 0.706. The Hall–Kier alpha value is -0.160. The summed E-state index contributed by atoms with van der Waals surface area (Å²) in [6.07, 6.45) is 1.32. The molecular weight excluding hydrogens is 214 g/mol. The number of nitrogens with zero attached hydrogens (tertiary/aromatic N) is 2. The number of hydrogen-bond donors (Lipinski definition) is 1. The zero-order valence-electron chi connectivity index (χ0n) is 11.9. The molecule has 0 aromatic carbocycles. The highest BCUT2D eigenvalue weighted by Crippen LogP contribution is 2.18. The second-order valence-electron chi connectivity index (χ2n) is 5.59. The van der Waals surface area contributed by atoms with E-state index in [1.54, 1.807) is 7.11 Å². The van der Waals surface area contributed by atoms with Gasteiger partial charge in [-0.1, -0.05) is 6.92 Å². The average Bonchev–Trinajstić information content (AvgIpc) is 2.65. The van der Waals surface area contributed by atoms with E-state index in [9.17, 15) is 0 Å². The van der Waals surface area contributed by atoms with Crippen LogP contribution in [0.25, 0.3) is 0 Å². The monoisotopic (exact) mass is 243 g/mol. The van der Waals surface area contributed by atoms with Crippen molar-refractivity contribution in [3.8, 4) is 0 Å². The summed E-state index contributed by atoms with van der Waals surface area (Å²) in [5, 5.41) is 0. The third-order valence-corrected chi connectivity index (χ3v) is 3.93. The fraction of sp³-hybridized carbons (Fsp3) is 1.00. The van der Waals surface area contributed by atoms with Crippen molar-refractivity contribution in [3.05, 3.63) is 0 Å². The number of ether oxygens (including phenoxy) is 1. The molecule has 2 N–H and O–H groups in total. The van der Waals surface area contributed by atoms with Crippen molar-refractivity contribution >= 4 is 0 Å². The van der Waals surface area contributed by atoms with Crippen LogP contribution >= 0.6 is 0 Å². The number of nitrogens with two attached hydrogens (primary N) is 1. The fourth-order valence-electron chi connectivity index (χ4n) is 2.94. The first-order valence-corrected chi connectivity index (χ1v) is 6.66. The molecule has 4 nitrogen and oxygen atoms in total. The maximum atomic E-state index is 5.90. The van der Waals surface area contributed by atoms with Gasteiger partial charge in [0.1, 0.15) is 0 Å². The van der Waals surface area contributed by atoms with Crippen LogP contribution in [0, 0.1) is 11.8 Å². The molecule has 1 fully saturated rings. The lowest BCUT2D eigenvalue weighted by molar-refractivity contribution is 0.0911. The molecule has 1 heterocycles. The van der Waals surface area contributed by atoms with Gasteiger partial charge in [-0.05, 0) is 38.9 Å². The van der Waals surface area contributed by atoms with Crippen LogP contribution in [-0.4, -0.2) is 69.8 Å². The highest BCUT2D eigenvalue weighted by Gasteiger charge is 2.25. The smallest absolute Gasteiger partial charge is 0.0503 e. The summed E-state index contributed by atoms with van der Waals surface area (Å²) in [6, 6.07) is 0.431. The predicted molar refractivity (Wildman–Crippen MR) is 72.1 cm³/mol. The van der Waals surface area contributed by atoms with Crippen LogP contribution in [0.2, 0.25) is 0 Å². The minimum atomic E-state index is 0.431. The Bertz CT molecular complexity index is 213. The van der Waals surface area contributed by atoms with Crippen molar-refractivity contribution in [1.29, 1.82) is 0 Å². The van der Waals surface area contributed by atoms with Crippen LogP contribution in [0.15, 0.2) is 0 Å². The molecular formula is C13H29N3O. The fourth-order valence-corrected chi connectivity index (χ4v) is 2.94. The van der Waals surface area contributed by atoms with Crippen LogP contribution in [0.4, 0.5) is 0 Å². The first-order chi connectivity index (χ1) is 8.08. The Morgan fingerprint density at radius 3 is 2.71 bits per heavy atom. The van der Waals surface area contributed by atoms with Gasteiger partial charge in [-0.3, -0.25) is 0 Å². The summed E-state index contributed by atoms with van der Waals surface area (Å²) in [7, 11) is 6.16. The highest BCUT2D eigenvalue weighted by atomic mass is 16.5. The van der Waals surface area contributed by atoms with Crippen LogP contribution in [0.3, 0.4) is 0 Å². The first kappa shape index (κ1) is 14.9. The Balaban J connectivity index is 2.40. The standard InChI is InChI=1S/C13H29N3O/c1-11(10-17-4)13(7-14)16(3)9-12-5-6-15(2)8-12/h11-13H,5-10,14H2,1-4H3. The zero-order valence-corrected chi connectivity index (χ0v) is 11.9. The summed E-state index contributed by atoms with van der Waals surface area (Å²) >= 11 is 0. The Kier molecular flexibility index (Phi) is 6.41. The molecule has 17 heavy (non-hydrogen) atoms. The van der Waals surface area contributed by atoms with Crippen molar-refractivity contribution in [2.24, 2.45) is 17.6 Å². The Labute approximate surface area is 106 Å². The predicted octanol–water partition coefficient (Wildman–Crippen LogP) is 0.480. The lowest BCUT2D eigenvalue weighted by Gasteiger charge is -2.33. The summed E-state index contributed by atoms with van der Waals surface area (Å²) < 4.78 is 5.23. The summed E-state index contributed by atoms with van der Waals surface area (Å²) in [5.74, 6) is 1.29. The molecule has 0 aromatic rings. The minimum absolute atomic E-state index is 0.431. The summed E-state index contributed by atoms with van der Waals surface area (Å²) in [5.41, 5.74) is 5.90. The molecule has 0 spiro atoms.